The van der Waals surface area contributed by atoms with Crippen LogP contribution in [0, 0.1) is 5.92 Å². The molecule has 2 aromatic heterocycles. The third-order valence-corrected chi connectivity index (χ3v) is 6.09. The summed E-state index contributed by atoms with van der Waals surface area (Å²) in [5.74, 6) is -0.00510. The summed E-state index contributed by atoms with van der Waals surface area (Å²) in [5, 5.41) is 9.54. The van der Waals surface area contributed by atoms with Crippen LogP contribution in [-0.2, 0) is 20.1 Å². The number of hydrogen-bond acceptors (Lipinski definition) is 7. The van der Waals surface area contributed by atoms with Gasteiger partial charge in [-0.15, -0.1) is 16.8 Å². The van der Waals surface area contributed by atoms with E-state index in [2.05, 4.69) is 16.8 Å². The van der Waals surface area contributed by atoms with Gasteiger partial charge in [-0.25, -0.2) is 4.79 Å². The number of carbonyl (C=O) groups excluding carboxylic acids is 1. The first-order valence-corrected chi connectivity index (χ1v) is 11.6. The van der Waals surface area contributed by atoms with E-state index >= 15 is 0 Å². The van der Waals surface area contributed by atoms with Gasteiger partial charge in [-0.05, 0) is 30.2 Å². The minimum Gasteiger partial charge on any atom is -0.384 e. The fourth-order valence-corrected chi connectivity index (χ4v) is 4.24. The zero-order valence-corrected chi connectivity index (χ0v) is 20.2. The number of nitrogens with zero attached hydrogens (tertiary/aromatic N) is 5. The number of ketones is 1. The molecule has 2 heterocycles. The number of allylic oxidation sites excluding steroid dienone is 1. The Morgan fingerprint density at radius 3 is 2.48 bits per heavy atom. The summed E-state index contributed by atoms with van der Waals surface area (Å²) in [4.78, 5) is 38.2. The van der Waals surface area contributed by atoms with E-state index in [-0.39, 0.29) is 23.1 Å². The molecule has 3 rings (SSSR count). The van der Waals surface area contributed by atoms with Crippen molar-refractivity contribution >= 4 is 35.0 Å². The van der Waals surface area contributed by atoms with Gasteiger partial charge in [0.2, 0.25) is 0 Å². The SMILES string of the molecule is C=CCn1c(SCC(=O)c2c(N)n(CC(C)C)c(=O)n(C)c2=O)nnc1-c1ccc(Cl)cc1. The van der Waals surface area contributed by atoms with Gasteiger partial charge in [0.25, 0.3) is 5.56 Å². The van der Waals surface area contributed by atoms with E-state index < -0.39 is 17.0 Å². The third kappa shape index (κ3) is 5.12. The molecule has 9 nitrogen and oxygen atoms in total. The number of benzene rings is 1. The number of thioether (sulfide) groups is 1. The molecule has 0 aliphatic carbocycles. The van der Waals surface area contributed by atoms with Crippen LogP contribution >= 0.6 is 23.4 Å². The summed E-state index contributed by atoms with van der Waals surface area (Å²) >= 11 is 7.10. The Labute approximate surface area is 199 Å². The van der Waals surface area contributed by atoms with Crippen LogP contribution in [-0.4, -0.2) is 35.4 Å². The molecule has 33 heavy (non-hydrogen) atoms. The Balaban J connectivity index is 1.92. The van der Waals surface area contributed by atoms with Crippen LogP contribution in [0.3, 0.4) is 0 Å². The predicted octanol–water partition coefficient (Wildman–Crippen LogP) is 2.86. The molecule has 11 heteroatoms. The van der Waals surface area contributed by atoms with Crippen molar-refractivity contribution in [2.75, 3.05) is 11.5 Å². The topological polar surface area (TPSA) is 118 Å². The number of Topliss-reactive ketones (excluding diaryl/α,β-unsaturated/α-hetero) is 1. The molecule has 0 bridgehead atoms. The van der Waals surface area contributed by atoms with Crippen LogP contribution in [0.1, 0.15) is 24.2 Å². The standard InChI is InChI=1S/C22H25ClN6O3S/c1-5-10-28-19(14-6-8-15(23)9-7-14)25-26-21(28)33-12-16(30)17-18(24)29(11-13(2)3)22(32)27(4)20(17)31/h5-9,13H,1,10-12,24H2,2-4H3. The highest BCUT2D eigenvalue weighted by molar-refractivity contribution is 7.99. The zero-order valence-electron chi connectivity index (χ0n) is 18.6. The first kappa shape index (κ1) is 24.5. The smallest absolute Gasteiger partial charge is 0.332 e. The Bertz CT molecular complexity index is 1310. The molecular weight excluding hydrogens is 464 g/mol. The zero-order chi connectivity index (χ0) is 24.3. The highest BCUT2D eigenvalue weighted by Crippen LogP contribution is 2.26. The average molecular weight is 489 g/mol. The summed E-state index contributed by atoms with van der Waals surface area (Å²) in [6.45, 7) is 8.32. The Morgan fingerprint density at radius 2 is 1.88 bits per heavy atom. The fourth-order valence-electron chi connectivity index (χ4n) is 3.29. The van der Waals surface area contributed by atoms with Crippen LogP contribution in [0.15, 0.2) is 51.7 Å². The average Bonchev–Trinajstić information content (AvgIpc) is 3.17. The van der Waals surface area contributed by atoms with Crippen molar-refractivity contribution in [1.29, 1.82) is 0 Å². The lowest BCUT2D eigenvalue weighted by atomic mass is 10.2. The molecule has 0 atom stereocenters. The number of aromatic nitrogens is 5. The van der Waals surface area contributed by atoms with Crippen LogP contribution in [0.4, 0.5) is 5.82 Å². The van der Waals surface area contributed by atoms with Crippen molar-refractivity contribution in [3.05, 3.63) is 68.3 Å². The van der Waals surface area contributed by atoms with Gasteiger partial charge < -0.3 is 5.73 Å². The highest BCUT2D eigenvalue weighted by atomic mass is 35.5. The van der Waals surface area contributed by atoms with Crippen molar-refractivity contribution in [3.8, 4) is 11.4 Å². The summed E-state index contributed by atoms with van der Waals surface area (Å²) in [5.41, 5.74) is 5.46. The molecule has 0 fully saturated rings. The van der Waals surface area contributed by atoms with E-state index in [1.165, 1.54) is 11.6 Å². The maximum Gasteiger partial charge on any atom is 0.332 e. The van der Waals surface area contributed by atoms with Gasteiger partial charge >= 0.3 is 5.69 Å². The van der Waals surface area contributed by atoms with E-state index in [9.17, 15) is 14.4 Å². The van der Waals surface area contributed by atoms with E-state index in [4.69, 9.17) is 17.3 Å². The van der Waals surface area contributed by atoms with Crippen molar-refractivity contribution in [3.63, 3.8) is 0 Å². The molecule has 174 valence electrons. The van der Waals surface area contributed by atoms with E-state index in [1.54, 1.807) is 18.2 Å². The van der Waals surface area contributed by atoms with Gasteiger partial charge in [-0.3, -0.25) is 23.3 Å². The molecule has 0 radical (unpaired) electrons. The second-order valence-corrected chi connectivity index (χ2v) is 9.21. The number of carbonyl (C=O) groups is 1. The molecule has 2 N–H and O–H groups in total. The van der Waals surface area contributed by atoms with Gasteiger partial charge in [0, 0.05) is 30.7 Å². The summed E-state index contributed by atoms with van der Waals surface area (Å²) in [6, 6.07) is 7.16. The van der Waals surface area contributed by atoms with Gasteiger partial charge in [-0.1, -0.05) is 43.3 Å². The number of anilines is 1. The monoisotopic (exact) mass is 488 g/mol. The van der Waals surface area contributed by atoms with Gasteiger partial charge in [-0.2, -0.15) is 0 Å². The number of hydrogen-bond donors (Lipinski definition) is 1. The summed E-state index contributed by atoms with van der Waals surface area (Å²) in [6.07, 6.45) is 1.70. The maximum absolute atomic E-state index is 13.0. The van der Waals surface area contributed by atoms with Crippen LogP contribution in [0.5, 0.6) is 0 Å². The van der Waals surface area contributed by atoms with Crippen molar-refractivity contribution < 1.29 is 4.79 Å². The Morgan fingerprint density at radius 1 is 1.21 bits per heavy atom. The minimum atomic E-state index is -0.711. The Hall–Kier alpha value is -3.11. The molecule has 0 saturated heterocycles. The molecule has 0 unspecified atom stereocenters. The molecule has 0 amide bonds. The Kier molecular flexibility index (Phi) is 7.60. The van der Waals surface area contributed by atoms with Crippen molar-refractivity contribution in [2.45, 2.75) is 32.1 Å². The highest BCUT2D eigenvalue weighted by Gasteiger charge is 2.23. The number of nitrogens with two attached hydrogens (primary N) is 1. The molecule has 0 spiro atoms. The number of rotatable bonds is 9. The lowest BCUT2D eigenvalue weighted by Crippen LogP contribution is -2.43. The second-order valence-electron chi connectivity index (χ2n) is 7.84. The van der Waals surface area contributed by atoms with Crippen LogP contribution in [0.25, 0.3) is 11.4 Å². The first-order valence-electron chi connectivity index (χ1n) is 10.2. The van der Waals surface area contributed by atoms with Gasteiger partial charge in [0.05, 0.1) is 5.75 Å². The quantitative estimate of drug-likeness (QED) is 0.279. The normalized spacial score (nSPS) is 11.2. The fraction of sp³-hybridized carbons (Fsp3) is 0.318. The molecule has 1 aromatic carbocycles. The second kappa shape index (κ2) is 10.2. The molecule has 0 aliphatic rings. The minimum absolute atomic E-state index is 0.101. The molecule has 0 saturated carbocycles. The van der Waals surface area contributed by atoms with Crippen molar-refractivity contribution in [2.24, 2.45) is 13.0 Å². The summed E-state index contributed by atoms with van der Waals surface area (Å²) in [7, 11) is 1.34. The van der Waals surface area contributed by atoms with Gasteiger partial charge in [0.15, 0.2) is 16.8 Å². The molecular formula is C22H25ClN6O3S. The molecule has 3 aromatic rings. The summed E-state index contributed by atoms with van der Waals surface area (Å²) < 4.78 is 3.99. The van der Waals surface area contributed by atoms with E-state index in [1.807, 2.05) is 30.5 Å². The lowest BCUT2D eigenvalue weighted by molar-refractivity contribution is 0.102. The third-order valence-electron chi connectivity index (χ3n) is 4.87. The van der Waals surface area contributed by atoms with Crippen molar-refractivity contribution in [1.82, 2.24) is 23.9 Å². The van der Waals surface area contributed by atoms with Crippen LogP contribution in [0.2, 0.25) is 5.02 Å². The van der Waals surface area contributed by atoms with Crippen LogP contribution < -0.4 is 17.0 Å². The maximum atomic E-state index is 13.0. The van der Waals surface area contributed by atoms with E-state index in [0.717, 1.165) is 21.9 Å². The number of nitrogen functional groups attached to an aromatic ring is 1. The van der Waals surface area contributed by atoms with E-state index in [0.29, 0.717) is 29.1 Å². The number of halogens is 1. The largest absolute Gasteiger partial charge is 0.384 e. The lowest BCUT2D eigenvalue weighted by Gasteiger charge is -2.16. The molecule has 0 aliphatic heterocycles. The van der Waals surface area contributed by atoms with Gasteiger partial charge in [0.1, 0.15) is 11.4 Å². The predicted molar refractivity (Wildman–Crippen MR) is 131 cm³/mol. The first-order chi connectivity index (χ1) is 15.6.